The molecular formula is C30H38Cl2N4O7S2. The molecule has 246 valence electrons. The number of hydrogen-bond donors (Lipinski definition) is 0. The Morgan fingerprint density at radius 2 is 1.13 bits per heavy atom. The van der Waals surface area contributed by atoms with Crippen molar-refractivity contribution in [2.45, 2.75) is 24.4 Å². The summed E-state index contributed by atoms with van der Waals surface area (Å²) in [4.78, 5) is 35.5. The third-order valence-electron chi connectivity index (χ3n) is 7.19. The first-order valence-corrected chi connectivity index (χ1v) is 15.4. The fraction of sp³-hybridized carbons (Fsp3) is 0.467. The average molecular weight is 702 g/mol. The molecule has 0 amide bonds. The maximum absolute atomic E-state index is 13.6. The van der Waals surface area contributed by atoms with Gasteiger partial charge >= 0.3 is 11.9 Å². The molecule has 2 atom stereocenters. The Hall–Kier alpha value is -2.78. The molecule has 4 rings (SSSR count). The third-order valence-corrected chi connectivity index (χ3v) is 8.72. The second kappa shape index (κ2) is 14.8. The topological polar surface area (TPSA) is 116 Å². The number of carbonyl (C=O) groups excluding carboxylic acids is 2. The number of likely N-dealkylation sites (N-methyl/N-ethyl adjacent to an activating group) is 2. The van der Waals surface area contributed by atoms with Crippen molar-refractivity contribution in [3.05, 3.63) is 57.6 Å². The molecule has 45 heavy (non-hydrogen) atoms. The van der Waals surface area contributed by atoms with E-state index in [0.717, 1.165) is 0 Å². The molecule has 11 nitrogen and oxygen atoms in total. The van der Waals surface area contributed by atoms with Gasteiger partial charge in [0.1, 0.15) is 21.5 Å². The Morgan fingerprint density at radius 3 is 1.47 bits per heavy atom. The van der Waals surface area contributed by atoms with Crippen molar-refractivity contribution in [2.24, 2.45) is 0 Å². The third kappa shape index (κ3) is 8.73. The standard InChI is InChI=1S/C30H36Cl2N4O6S2.H2O/c1-33(2)13-11-29(17-35(5)25(43)21-15-19(31)7-9-23(21)39-29)41-27(37)28(38)42-30(12-14-34(3)4)18-36(6)26(44)22-16-20(32)8-10-24(22)40-30;/h7-10,15-16H,11-14,17-18H2,1-6H3;1H2. The summed E-state index contributed by atoms with van der Waals surface area (Å²) in [5.74, 6) is -4.88. The summed E-state index contributed by atoms with van der Waals surface area (Å²) in [6.07, 6.45) is 0.447. The van der Waals surface area contributed by atoms with Crippen LogP contribution in [0.3, 0.4) is 0 Å². The van der Waals surface area contributed by atoms with E-state index in [9.17, 15) is 9.59 Å². The van der Waals surface area contributed by atoms with Crippen LogP contribution in [0, 0.1) is 0 Å². The zero-order valence-corrected chi connectivity index (χ0v) is 29.2. The van der Waals surface area contributed by atoms with Crippen LogP contribution in [-0.4, -0.2) is 127 Å². The molecule has 2 aliphatic rings. The molecule has 2 heterocycles. The van der Waals surface area contributed by atoms with E-state index in [1.165, 1.54) is 0 Å². The fourth-order valence-electron chi connectivity index (χ4n) is 4.94. The lowest BCUT2D eigenvalue weighted by atomic mass is 10.1. The number of carbonyl (C=O) groups is 2. The summed E-state index contributed by atoms with van der Waals surface area (Å²) in [5.41, 5.74) is 1.15. The minimum atomic E-state index is -1.58. The zero-order valence-electron chi connectivity index (χ0n) is 26.0. The summed E-state index contributed by atoms with van der Waals surface area (Å²) in [7, 11) is 11.0. The molecule has 0 saturated carbocycles. The van der Waals surface area contributed by atoms with E-state index in [1.807, 2.05) is 38.0 Å². The minimum Gasteiger partial charge on any atom is -0.450 e. The lowest BCUT2D eigenvalue weighted by Gasteiger charge is -2.37. The predicted octanol–water partition coefficient (Wildman–Crippen LogP) is 3.25. The normalized spacial score (nSPS) is 21.1. The van der Waals surface area contributed by atoms with Crippen LogP contribution in [0.2, 0.25) is 10.0 Å². The molecule has 0 spiro atoms. The smallest absolute Gasteiger partial charge is 0.420 e. The summed E-state index contributed by atoms with van der Waals surface area (Å²) < 4.78 is 24.6. The highest BCUT2D eigenvalue weighted by Crippen LogP contribution is 2.36. The molecule has 0 saturated heterocycles. The van der Waals surface area contributed by atoms with Gasteiger partial charge in [-0.1, -0.05) is 47.6 Å². The lowest BCUT2D eigenvalue weighted by molar-refractivity contribution is -0.227. The van der Waals surface area contributed by atoms with E-state index < -0.39 is 23.5 Å². The van der Waals surface area contributed by atoms with E-state index in [4.69, 9.17) is 66.6 Å². The molecule has 2 aliphatic heterocycles. The molecule has 0 fully saturated rings. The Kier molecular flexibility index (Phi) is 12.0. The van der Waals surface area contributed by atoms with Gasteiger partial charge in [0.05, 0.1) is 24.2 Å². The van der Waals surface area contributed by atoms with E-state index in [0.29, 0.717) is 55.7 Å². The number of fused-ring (bicyclic) bond motifs is 2. The molecule has 2 unspecified atom stereocenters. The van der Waals surface area contributed by atoms with Crippen molar-refractivity contribution < 1.29 is 34.0 Å². The first kappa shape index (κ1) is 36.7. The van der Waals surface area contributed by atoms with Crippen LogP contribution in [0.1, 0.15) is 24.0 Å². The molecule has 2 N–H and O–H groups in total. The van der Waals surface area contributed by atoms with Crippen LogP contribution in [-0.2, 0) is 19.1 Å². The van der Waals surface area contributed by atoms with Crippen molar-refractivity contribution in [1.82, 2.24) is 19.6 Å². The monoisotopic (exact) mass is 700 g/mol. The van der Waals surface area contributed by atoms with Crippen LogP contribution < -0.4 is 9.47 Å². The van der Waals surface area contributed by atoms with Gasteiger partial charge in [-0.3, -0.25) is 0 Å². The number of hydrogen-bond acceptors (Lipinski definition) is 10. The highest BCUT2D eigenvalue weighted by molar-refractivity contribution is 7.81. The van der Waals surface area contributed by atoms with Crippen LogP contribution in [0.4, 0.5) is 0 Å². The van der Waals surface area contributed by atoms with E-state index in [-0.39, 0.29) is 31.4 Å². The lowest BCUT2D eigenvalue weighted by Crippen LogP contribution is -2.54. The maximum Gasteiger partial charge on any atom is 0.420 e. The van der Waals surface area contributed by atoms with E-state index >= 15 is 0 Å². The van der Waals surface area contributed by atoms with Crippen LogP contribution in [0.25, 0.3) is 0 Å². The molecule has 0 radical (unpaired) electrons. The Balaban J connectivity index is 0.00000552. The summed E-state index contributed by atoms with van der Waals surface area (Å²) >= 11 is 23.8. The van der Waals surface area contributed by atoms with Crippen molar-refractivity contribution >= 4 is 69.6 Å². The summed E-state index contributed by atoms with van der Waals surface area (Å²) in [6.45, 7) is 1.06. The number of thiocarbonyl (C=S) groups is 2. The van der Waals surface area contributed by atoms with Gasteiger partial charge in [-0.05, 0) is 64.6 Å². The maximum atomic E-state index is 13.6. The van der Waals surface area contributed by atoms with Gasteiger partial charge in [-0.2, -0.15) is 0 Å². The molecule has 0 aliphatic carbocycles. The number of benzene rings is 2. The van der Waals surface area contributed by atoms with Gasteiger partial charge in [0, 0.05) is 50.1 Å². The minimum absolute atomic E-state index is 0. The predicted molar refractivity (Wildman–Crippen MR) is 180 cm³/mol. The van der Waals surface area contributed by atoms with Crippen molar-refractivity contribution in [3.63, 3.8) is 0 Å². The Bertz CT molecular complexity index is 1360. The second-order valence-electron chi connectivity index (χ2n) is 11.5. The van der Waals surface area contributed by atoms with Crippen molar-refractivity contribution in [1.29, 1.82) is 0 Å². The number of rotatable bonds is 8. The van der Waals surface area contributed by atoms with E-state index in [1.54, 1.807) is 60.3 Å². The Labute approximate surface area is 284 Å². The van der Waals surface area contributed by atoms with Crippen molar-refractivity contribution in [2.75, 3.05) is 68.5 Å². The van der Waals surface area contributed by atoms with Crippen LogP contribution >= 0.6 is 47.6 Å². The van der Waals surface area contributed by atoms with Gasteiger partial charge in [0.25, 0.3) is 11.6 Å². The molecular weight excluding hydrogens is 663 g/mol. The Morgan fingerprint density at radius 1 is 0.778 bits per heavy atom. The van der Waals surface area contributed by atoms with Gasteiger partial charge < -0.3 is 44.0 Å². The molecule has 2 aromatic rings. The first-order chi connectivity index (χ1) is 20.6. The molecule has 15 heteroatoms. The quantitative estimate of drug-likeness (QED) is 0.229. The molecule has 2 aromatic carbocycles. The van der Waals surface area contributed by atoms with Gasteiger partial charge in [0.2, 0.25) is 0 Å². The SMILES string of the molecule is CN(C)CCC1(OC(=O)C(=O)OC2(CCN(C)C)CN(C)C(=S)c3cc(Cl)ccc3O2)CN(C)C(=S)c2cc(Cl)ccc2O1.O. The zero-order chi connectivity index (χ0) is 32.4. The van der Waals surface area contributed by atoms with Gasteiger partial charge in [-0.25, -0.2) is 9.59 Å². The van der Waals surface area contributed by atoms with Gasteiger partial charge in [0.15, 0.2) is 0 Å². The first-order valence-electron chi connectivity index (χ1n) is 13.9. The molecule has 0 aromatic heterocycles. The van der Waals surface area contributed by atoms with Crippen LogP contribution in [0.5, 0.6) is 11.5 Å². The summed E-state index contributed by atoms with van der Waals surface area (Å²) in [6, 6.07) is 10.0. The number of nitrogens with zero attached hydrogens (tertiary/aromatic N) is 4. The van der Waals surface area contributed by atoms with Crippen LogP contribution in [0.15, 0.2) is 36.4 Å². The van der Waals surface area contributed by atoms with Crippen molar-refractivity contribution in [3.8, 4) is 11.5 Å². The number of ether oxygens (including phenoxy) is 4. The second-order valence-corrected chi connectivity index (χ2v) is 13.2. The fourth-order valence-corrected chi connectivity index (χ4v) is 5.73. The largest absolute Gasteiger partial charge is 0.450 e. The average Bonchev–Trinajstić information content (AvgIpc) is 3.11. The van der Waals surface area contributed by atoms with E-state index in [2.05, 4.69) is 0 Å². The number of esters is 2. The highest BCUT2D eigenvalue weighted by Gasteiger charge is 2.47. The van der Waals surface area contributed by atoms with Gasteiger partial charge in [-0.15, -0.1) is 0 Å². The molecule has 0 bridgehead atoms. The summed E-state index contributed by atoms with van der Waals surface area (Å²) in [5, 5.41) is 0.952. The number of halogens is 2. The highest BCUT2D eigenvalue weighted by atomic mass is 35.5.